The maximum atomic E-state index is 12.5. The summed E-state index contributed by atoms with van der Waals surface area (Å²) >= 11 is 0. The molecule has 2 heterocycles. The summed E-state index contributed by atoms with van der Waals surface area (Å²) in [6, 6.07) is 15.4. The number of hydrogen-bond donors (Lipinski definition) is 1. The van der Waals surface area contributed by atoms with E-state index in [9.17, 15) is 4.79 Å². The molecule has 0 fully saturated rings. The van der Waals surface area contributed by atoms with E-state index in [0.717, 1.165) is 27.5 Å². The Morgan fingerprint density at radius 1 is 1.05 bits per heavy atom. The zero-order valence-electron chi connectivity index (χ0n) is 11.8. The van der Waals surface area contributed by atoms with Crippen molar-refractivity contribution in [3.05, 3.63) is 72.2 Å². The number of imidazole rings is 1. The second kappa shape index (κ2) is 5.07. The SMILES string of the molecule is O=C(Cc1ccccc1)c1ccc2ncc3[nH]cnc3c2c1. The molecular weight excluding hydrogens is 274 g/mol. The van der Waals surface area contributed by atoms with Crippen molar-refractivity contribution in [1.29, 1.82) is 0 Å². The number of hydrogen-bond acceptors (Lipinski definition) is 3. The Labute approximate surface area is 126 Å². The number of pyridine rings is 1. The van der Waals surface area contributed by atoms with Gasteiger partial charge in [0.1, 0.15) is 0 Å². The average molecular weight is 287 g/mol. The normalized spacial score (nSPS) is 11.1. The maximum absolute atomic E-state index is 12.5. The molecule has 0 atom stereocenters. The Hall–Kier alpha value is -3.01. The molecule has 4 heteroatoms. The van der Waals surface area contributed by atoms with Gasteiger partial charge in [-0.3, -0.25) is 9.78 Å². The van der Waals surface area contributed by atoms with Crippen molar-refractivity contribution in [3.63, 3.8) is 0 Å². The highest BCUT2D eigenvalue weighted by Gasteiger charge is 2.10. The molecule has 0 bridgehead atoms. The molecular formula is C18H13N3O. The second-order valence-corrected chi connectivity index (χ2v) is 5.24. The maximum Gasteiger partial charge on any atom is 0.167 e. The molecule has 4 rings (SSSR count). The Bertz CT molecular complexity index is 973. The van der Waals surface area contributed by atoms with Gasteiger partial charge in [0, 0.05) is 17.4 Å². The summed E-state index contributed by atoms with van der Waals surface area (Å²) in [7, 11) is 0. The standard InChI is InChI=1S/C18H13N3O/c22-17(8-12-4-2-1-3-5-12)13-6-7-15-14(9-13)18-16(10-19-15)20-11-21-18/h1-7,9-11H,8H2,(H,20,21). The van der Waals surface area contributed by atoms with Crippen LogP contribution in [0.4, 0.5) is 0 Å². The first-order chi connectivity index (χ1) is 10.8. The quantitative estimate of drug-likeness (QED) is 0.586. The summed E-state index contributed by atoms with van der Waals surface area (Å²) in [6.07, 6.45) is 3.80. The molecule has 0 radical (unpaired) electrons. The van der Waals surface area contributed by atoms with E-state index in [4.69, 9.17) is 0 Å². The Morgan fingerprint density at radius 2 is 1.91 bits per heavy atom. The number of rotatable bonds is 3. The van der Waals surface area contributed by atoms with Crippen molar-refractivity contribution < 1.29 is 4.79 Å². The zero-order valence-corrected chi connectivity index (χ0v) is 11.8. The predicted molar refractivity (Wildman–Crippen MR) is 85.9 cm³/mol. The van der Waals surface area contributed by atoms with E-state index in [1.165, 1.54) is 0 Å². The van der Waals surface area contributed by atoms with Gasteiger partial charge in [-0.1, -0.05) is 30.3 Å². The van der Waals surface area contributed by atoms with Gasteiger partial charge >= 0.3 is 0 Å². The van der Waals surface area contributed by atoms with Gasteiger partial charge < -0.3 is 4.98 Å². The number of benzene rings is 2. The number of Topliss-reactive ketones (excluding diaryl/α,β-unsaturated/α-hetero) is 1. The van der Waals surface area contributed by atoms with E-state index in [1.54, 1.807) is 12.5 Å². The van der Waals surface area contributed by atoms with E-state index in [1.807, 2.05) is 48.5 Å². The lowest BCUT2D eigenvalue weighted by atomic mass is 10.0. The number of aromatic amines is 1. The Balaban J connectivity index is 1.77. The monoisotopic (exact) mass is 287 g/mol. The van der Waals surface area contributed by atoms with Crippen molar-refractivity contribution in [2.24, 2.45) is 0 Å². The van der Waals surface area contributed by atoms with Crippen molar-refractivity contribution in [2.75, 3.05) is 0 Å². The molecule has 0 spiro atoms. The fraction of sp³-hybridized carbons (Fsp3) is 0.0556. The molecule has 106 valence electrons. The number of carbonyl (C=O) groups excluding carboxylic acids is 1. The van der Waals surface area contributed by atoms with Crippen LogP contribution in [0.1, 0.15) is 15.9 Å². The third-order valence-electron chi connectivity index (χ3n) is 3.78. The number of aromatic nitrogens is 3. The number of nitrogens with zero attached hydrogens (tertiary/aromatic N) is 2. The topological polar surface area (TPSA) is 58.6 Å². The largest absolute Gasteiger partial charge is 0.343 e. The summed E-state index contributed by atoms with van der Waals surface area (Å²) in [6.45, 7) is 0. The van der Waals surface area contributed by atoms with Gasteiger partial charge in [-0.2, -0.15) is 0 Å². The van der Waals surface area contributed by atoms with Gasteiger partial charge in [0.2, 0.25) is 0 Å². The van der Waals surface area contributed by atoms with Crippen LogP contribution in [-0.2, 0) is 6.42 Å². The first kappa shape index (κ1) is 12.7. The summed E-state index contributed by atoms with van der Waals surface area (Å²) in [5, 5.41) is 0.901. The van der Waals surface area contributed by atoms with Gasteiger partial charge in [0.25, 0.3) is 0 Å². The molecule has 1 N–H and O–H groups in total. The second-order valence-electron chi connectivity index (χ2n) is 5.24. The van der Waals surface area contributed by atoms with Gasteiger partial charge in [0.05, 0.1) is 29.1 Å². The van der Waals surface area contributed by atoms with Gasteiger partial charge in [0.15, 0.2) is 5.78 Å². The van der Waals surface area contributed by atoms with Crippen LogP contribution in [0.25, 0.3) is 21.9 Å². The van der Waals surface area contributed by atoms with Gasteiger partial charge in [-0.25, -0.2) is 4.98 Å². The molecule has 22 heavy (non-hydrogen) atoms. The van der Waals surface area contributed by atoms with Crippen LogP contribution in [0.15, 0.2) is 61.1 Å². The first-order valence-electron chi connectivity index (χ1n) is 7.10. The van der Waals surface area contributed by atoms with Crippen LogP contribution in [0.2, 0.25) is 0 Å². The lowest BCUT2D eigenvalue weighted by molar-refractivity contribution is 0.0993. The summed E-state index contributed by atoms with van der Waals surface area (Å²) in [5.74, 6) is 0.0978. The van der Waals surface area contributed by atoms with Gasteiger partial charge in [-0.15, -0.1) is 0 Å². The molecule has 2 aromatic heterocycles. The molecule has 0 aliphatic rings. The smallest absolute Gasteiger partial charge is 0.167 e. The number of ketones is 1. The minimum absolute atomic E-state index is 0.0978. The third kappa shape index (κ3) is 2.15. The van der Waals surface area contributed by atoms with Crippen LogP contribution in [-0.4, -0.2) is 20.7 Å². The summed E-state index contributed by atoms with van der Waals surface area (Å²) < 4.78 is 0. The number of H-pyrrole nitrogens is 1. The first-order valence-corrected chi connectivity index (χ1v) is 7.10. The Morgan fingerprint density at radius 3 is 2.77 bits per heavy atom. The van der Waals surface area contributed by atoms with Crippen LogP contribution >= 0.6 is 0 Å². The molecule has 2 aromatic carbocycles. The fourth-order valence-corrected chi connectivity index (χ4v) is 2.65. The van der Waals surface area contributed by atoms with Crippen LogP contribution in [0.5, 0.6) is 0 Å². The Kier molecular flexibility index (Phi) is 2.93. The third-order valence-corrected chi connectivity index (χ3v) is 3.78. The van der Waals surface area contributed by atoms with Crippen molar-refractivity contribution in [1.82, 2.24) is 15.0 Å². The minimum Gasteiger partial charge on any atom is -0.343 e. The molecule has 0 unspecified atom stereocenters. The molecule has 0 aliphatic carbocycles. The fourth-order valence-electron chi connectivity index (χ4n) is 2.65. The van der Waals surface area contributed by atoms with Crippen LogP contribution in [0, 0.1) is 0 Å². The highest BCUT2D eigenvalue weighted by Crippen LogP contribution is 2.22. The van der Waals surface area contributed by atoms with E-state index in [2.05, 4.69) is 15.0 Å². The lowest BCUT2D eigenvalue weighted by Crippen LogP contribution is -2.03. The lowest BCUT2D eigenvalue weighted by Gasteiger charge is -2.04. The van der Waals surface area contributed by atoms with E-state index in [-0.39, 0.29) is 5.78 Å². The molecule has 0 aliphatic heterocycles. The van der Waals surface area contributed by atoms with Crippen LogP contribution < -0.4 is 0 Å². The van der Waals surface area contributed by atoms with Crippen LogP contribution in [0.3, 0.4) is 0 Å². The highest BCUT2D eigenvalue weighted by atomic mass is 16.1. The van der Waals surface area contributed by atoms with Crippen molar-refractivity contribution in [3.8, 4) is 0 Å². The van der Waals surface area contributed by atoms with Crippen molar-refractivity contribution in [2.45, 2.75) is 6.42 Å². The summed E-state index contributed by atoms with van der Waals surface area (Å²) in [5.41, 5.74) is 4.27. The van der Waals surface area contributed by atoms with E-state index < -0.39 is 0 Å². The van der Waals surface area contributed by atoms with Gasteiger partial charge in [-0.05, 0) is 23.8 Å². The molecule has 4 nitrogen and oxygen atoms in total. The molecule has 0 saturated carbocycles. The average Bonchev–Trinajstić information content (AvgIpc) is 3.04. The number of fused-ring (bicyclic) bond motifs is 3. The number of nitrogens with one attached hydrogen (secondary N) is 1. The molecule has 0 amide bonds. The summed E-state index contributed by atoms with van der Waals surface area (Å²) in [4.78, 5) is 24.2. The molecule has 4 aromatic rings. The highest BCUT2D eigenvalue weighted by molar-refractivity contribution is 6.06. The van der Waals surface area contributed by atoms with E-state index in [0.29, 0.717) is 12.0 Å². The predicted octanol–water partition coefficient (Wildman–Crippen LogP) is 3.54. The minimum atomic E-state index is 0.0978. The van der Waals surface area contributed by atoms with Crippen molar-refractivity contribution >= 4 is 27.7 Å². The zero-order chi connectivity index (χ0) is 14.9. The number of carbonyl (C=O) groups is 1. The van der Waals surface area contributed by atoms with E-state index >= 15 is 0 Å². The molecule has 0 saturated heterocycles.